The van der Waals surface area contributed by atoms with Gasteiger partial charge in [-0.15, -0.1) is 0 Å². The molecule has 11 heteroatoms. The fraction of sp³-hybridized carbons (Fsp3) is 0.323. The van der Waals surface area contributed by atoms with Crippen molar-refractivity contribution in [1.29, 1.82) is 0 Å². The van der Waals surface area contributed by atoms with Crippen molar-refractivity contribution in [3.05, 3.63) is 90.6 Å². The number of hydrogen-bond donors (Lipinski definition) is 1. The number of imidazole rings is 1. The molecule has 2 amide bonds. The van der Waals surface area contributed by atoms with Crippen molar-refractivity contribution in [2.24, 2.45) is 0 Å². The van der Waals surface area contributed by atoms with E-state index in [1.54, 1.807) is 35.3 Å². The van der Waals surface area contributed by atoms with E-state index in [-0.39, 0.29) is 30.9 Å². The summed E-state index contributed by atoms with van der Waals surface area (Å²) in [6.07, 6.45) is 5.98. The zero-order chi connectivity index (χ0) is 29.3. The highest BCUT2D eigenvalue weighted by Crippen LogP contribution is 2.22. The number of hydrogen-bond acceptors (Lipinski definition) is 8. The van der Waals surface area contributed by atoms with E-state index in [1.807, 2.05) is 67.6 Å². The monoisotopic (exact) mass is 569 g/mol. The Morgan fingerprint density at radius 1 is 1.02 bits per heavy atom. The lowest BCUT2D eigenvalue weighted by atomic mass is 10.1. The first-order valence-electron chi connectivity index (χ1n) is 13.9. The molecule has 1 fully saturated rings. The van der Waals surface area contributed by atoms with E-state index in [9.17, 15) is 9.59 Å². The van der Waals surface area contributed by atoms with Crippen molar-refractivity contribution in [3.63, 3.8) is 0 Å². The summed E-state index contributed by atoms with van der Waals surface area (Å²) < 4.78 is 12.7. The topological polar surface area (TPSA) is 115 Å². The van der Waals surface area contributed by atoms with Gasteiger partial charge in [0.15, 0.2) is 6.61 Å². The molecule has 0 spiro atoms. The highest BCUT2D eigenvalue weighted by atomic mass is 16.5. The average molecular weight is 570 g/mol. The molecule has 1 aliphatic heterocycles. The number of piperazine rings is 1. The second kappa shape index (κ2) is 13.6. The summed E-state index contributed by atoms with van der Waals surface area (Å²) in [4.78, 5) is 43.7. The largest absolute Gasteiger partial charge is 0.497 e. The van der Waals surface area contributed by atoms with Gasteiger partial charge in [-0.3, -0.25) is 14.2 Å². The maximum Gasteiger partial charge on any atom is 0.260 e. The Morgan fingerprint density at radius 3 is 2.57 bits per heavy atom. The van der Waals surface area contributed by atoms with E-state index in [0.29, 0.717) is 44.3 Å². The van der Waals surface area contributed by atoms with Gasteiger partial charge in [-0.2, -0.15) is 4.98 Å². The molecule has 0 bridgehead atoms. The molecule has 1 N–H and O–H groups in total. The Balaban J connectivity index is 1.26. The predicted molar refractivity (Wildman–Crippen MR) is 158 cm³/mol. The normalized spacial score (nSPS) is 14.9. The van der Waals surface area contributed by atoms with E-state index in [0.717, 1.165) is 22.8 Å². The summed E-state index contributed by atoms with van der Waals surface area (Å²) in [5, 5.41) is 3.02. The molecule has 0 radical (unpaired) electrons. The first-order chi connectivity index (χ1) is 20.5. The van der Waals surface area contributed by atoms with Gasteiger partial charge >= 0.3 is 0 Å². The van der Waals surface area contributed by atoms with Crippen LogP contribution in [0.2, 0.25) is 0 Å². The molecule has 2 aromatic heterocycles. The minimum Gasteiger partial charge on any atom is -0.497 e. The lowest BCUT2D eigenvalue weighted by Gasteiger charge is -2.41. The predicted octanol–water partition coefficient (Wildman–Crippen LogP) is 2.82. The van der Waals surface area contributed by atoms with Gasteiger partial charge in [0.2, 0.25) is 11.9 Å². The number of carbonyl (C=O) groups excluding carboxylic acids is 2. The summed E-state index contributed by atoms with van der Waals surface area (Å²) >= 11 is 0. The highest BCUT2D eigenvalue weighted by Gasteiger charge is 2.33. The first-order valence-corrected chi connectivity index (χ1v) is 13.9. The molecule has 0 aliphatic carbocycles. The first kappa shape index (κ1) is 28.6. The molecule has 1 unspecified atom stereocenters. The molecular formula is C31H35N7O4. The standard InChI is InChI=1S/C31H35N7O4/c1-23-18-28(35-31(34-23)37-15-14-32-22-37)36-16-17-38(30(40)21-42-27-6-4-3-5-7-27)25(20-36)19-29(39)33-13-12-24-8-10-26(41-2)11-9-24/h3-11,14-15,18,22,25H,12-13,16-17,19-21H2,1-2H3,(H,33,39). The molecule has 11 nitrogen and oxygen atoms in total. The van der Waals surface area contributed by atoms with Crippen LogP contribution in [0.5, 0.6) is 11.5 Å². The molecule has 3 heterocycles. The fourth-order valence-electron chi connectivity index (χ4n) is 4.93. The lowest BCUT2D eigenvalue weighted by Crippen LogP contribution is -2.57. The molecular weight excluding hydrogens is 534 g/mol. The summed E-state index contributed by atoms with van der Waals surface area (Å²) in [6.45, 7) is 3.75. The van der Waals surface area contributed by atoms with Crippen LogP contribution in [0.25, 0.3) is 5.95 Å². The maximum atomic E-state index is 13.3. The van der Waals surface area contributed by atoms with Gasteiger partial charge in [-0.05, 0) is 43.2 Å². The van der Waals surface area contributed by atoms with Crippen LogP contribution >= 0.6 is 0 Å². The van der Waals surface area contributed by atoms with Crippen LogP contribution in [0.4, 0.5) is 5.82 Å². The van der Waals surface area contributed by atoms with E-state index in [1.165, 1.54) is 0 Å². The van der Waals surface area contributed by atoms with Gasteiger partial charge in [0, 0.05) is 56.8 Å². The zero-order valence-corrected chi connectivity index (χ0v) is 23.8. The molecule has 1 saturated heterocycles. The molecule has 2 aromatic carbocycles. The Bertz CT molecular complexity index is 1460. The molecule has 5 rings (SSSR count). The average Bonchev–Trinajstić information content (AvgIpc) is 3.56. The van der Waals surface area contributed by atoms with Gasteiger partial charge in [0.1, 0.15) is 23.6 Å². The van der Waals surface area contributed by atoms with Crippen LogP contribution in [0.15, 0.2) is 79.4 Å². The van der Waals surface area contributed by atoms with Gasteiger partial charge in [0.05, 0.1) is 13.2 Å². The molecule has 218 valence electrons. The van der Waals surface area contributed by atoms with Crippen molar-refractivity contribution in [2.75, 3.05) is 44.8 Å². The SMILES string of the molecule is COc1ccc(CCNC(=O)CC2CN(c3cc(C)nc(-n4ccnc4)n3)CCN2C(=O)COc2ccccc2)cc1. The summed E-state index contributed by atoms with van der Waals surface area (Å²) in [6, 6.07) is 18.6. The van der Waals surface area contributed by atoms with Crippen LogP contribution in [0, 0.1) is 6.92 Å². The van der Waals surface area contributed by atoms with Crippen LogP contribution in [0.1, 0.15) is 17.7 Å². The third-order valence-electron chi connectivity index (χ3n) is 7.11. The fourth-order valence-corrected chi connectivity index (χ4v) is 4.93. The second-order valence-electron chi connectivity index (χ2n) is 10.1. The summed E-state index contributed by atoms with van der Waals surface area (Å²) in [5.41, 5.74) is 1.91. The van der Waals surface area contributed by atoms with E-state index < -0.39 is 0 Å². The highest BCUT2D eigenvalue weighted by molar-refractivity contribution is 5.81. The van der Waals surface area contributed by atoms with Gasteiger partial charge in [0.25, 0.3) is 5.91 Å². The lowest BCUT2D eigenvalue weighted by molar-refractivity contribution is -0.137. The number of aromatic nitrogens is 4. The number of nitrogens with zero attached hydrogens (tertiary/aromatic N) is 6. The van der Waals surface area contributed by atoms with Crippen molar-refractivity contribution >= 4 is 17.6 Å². The summed E-state index contributed by atoms with van der Waals surface area (Å²) in [5.74, 6) is 2.40. The van der Waals surface area contributed by atoms with E-state index >= 15 is 0 Å². The van der Waals surface area contributed by atoms with E-state index in [2.05, 4.69) is 20.2 Å². The maximum absolute atomic E-state index is 13.3. The second-order valence-corrected chi connectivity index (χ2v) is 10.1. The van der Waals surface area contributed by atoms with Gasteiger partial charge < -0.3 is 24.6 Å². The van der Waals surface area contributed by atoms with Crippen molar-refractivity contribution in [1.82, 2.24) is 29.7 Å². The Kier molecular flexibility index (Phi) is 9.27. The molecule has 42 heavy (non-hydrogen) atoms. The minimum absolute atomic E-state index is 0.100. The Hall–Kier alpha value is -4.93. The number of anilines is 1. The number of benzene rings is 2. The number of amides is 2. The van der Waals surface area contributed by atoms with E-state index in [4.69, 9.17) is 14.5 Å². The van der Waals surface area contributed by atoms with Crippen LogP contribution < -0.4 is 19.7 Å². The number of carbonyl (C=O) groups is 2. The van der Waals surface area contributed by atoms with Gasteiger partial charge in [-0.1, -0.05) is 30.3 Å². The molecule has 1 aliphatic rings. The zero-order valence-electron chi connectivity index (χ0n) is 23.8. The van der Waals surface area contributed by atoms with Crippen LogP contribution in [0.3, 0.4) is 0 Å². The van der Waals surface area contributed by atoms with Crippen LogP contribution in [-0.4, -0.2) is 82.2 Å². The van der Waals surface area contributed by atoms with Gasteiger partial charge in [-0.25, -0.2) is 9.97 Å². The number of nitrogens with one attached hydrogen (secondary N) is 1. The quantitative estimate of drug-likeness (QED) is 0.293. The number of rotatable bonds is 11. The Labute approximate surface area is 245 Å². The van der Waals surface area contributed by atoms with Crippen molar-refractivity contribution < 1.29 is 19.1 Å². The molecule has 1 atom stereocenters. The minimum atomic E-state index is -0.362. The number of methoxy groups -OCH3 is 1. The Morgan fingerprint density at radius 2 is 1.83 bits per heavy atom. The molecule has 0 saturated carbocycles. The van der Waals surface area contributed by atoms with Crippen molar-refractivity contribution in [3.8, 4) is 17.4 Å². The number of ether oxygens (including phenoxy) is 2. The third kappa shape index (κ3) is 7.42. The number of para-hydroxylation sites is 1. The third-order valence-corrected chi connectivity index (χ3v) is 7.11. The van der Waals surface area contributed by atoms with Crippen LogP contribution in [-0.2, 0) is 16.0 Å². The van der Waals surface area contributed by atoms with Crippen molar-refractivity contribution in [2.45, 2.75) is 25.8 Å². The molecule has 4 aromatic rings. The smallest absolute Gasteiger partial charge is 0.260 e. The number of aryl methyl sites for hydroxylation is 1. The summed E-state index contributed by atoms with van der Waals surface area (Å²) in [7, 11) is 1.63.